The summed E-state index contributed by atoms with van der Waals surface area (Å²) in [7, 11) is 1.48. The quantitative estimate of drug-likeness (QED) is 0.597. The number of hydrogen-bond donors (Lipinski definition) is 3. The number of benzene rings is 1. The van der Waals surface area contributed by atoms with Crippen LogP contribution in [-0.4, -0.2) is 25.5 Å². The van der Waals surface area contributed by atoms with Crippen LogP contribution < -0.4 is 21.5 Å². The fraction of sp³-hybridized carbons (Fsp3) is 0.200. The maximum Gasteiger partial charge on any atom is 0.257 e. The number of nitrogens with two attached hydrogens (primary N) is 2. The molecule has 0 atom stereocenters. The van der Waals surface area contributed by atoms with E-state index in [9.17, 15) is 9.59 Å². The molecule has 0 saturated heterocycles. The number of nitrogen functional groups attached to an aromatic ring is 1. The first-order valence-electron chi connectivity index (χ1n) is 4.58. The van der Waals surface area contributed by atoms with Crippen LogP contribution in [0.5, 0.6) is 5.75 Å². The predicted octanol–water partition coefficient (Wildman–Crippen LogP) is -0.507. The number of primary amides is 1. The number of likely N-dealkylation sites (N-methyl/N-ethyl adjacent to an activating group) is 1. The van der Waals surface area contributed by atoms with Gasteiger partial charge in [-0.3, -0.25) is 9.59 Å². The Balaban J connectivity index is 2.93. The molecule has 86 valence electrons. The van der Waals surface area contributed by atoms with Gasteiger partial charge in [0.05, 0.1) is 11.3 Å². The van der Waals surface area contributed by atoms with Crippen molar-refractivity contribution in [2.24, 2.45) is 5.73 Å². The van der Waals surface area contributed by atoms with Gasteiger partial charge in [0.2, 0.25) is 0 Å². The molecule has 2 amide bonds. The van der Waals surface area contributed by atoms with Gasteiger partial charge in [0.15, 0.2) is 12.4 Å². The Morgan fingerprint density at radius 3 is 2.69 bits per heavy atom. The maximum absolute atomic E-state index is 11.1. The van der Waals surface area contributed by atoms with Crippen molar-refractivity contribution >= 4 is 17.5 Å². The highest BCUT2D eigenvalue weighted by Gasteiger charge is 2.13. The molecule has 0 unspecified atom stereocenters. The molecule has 5 N–H and O–H groups in total. The smallest absolute Gasteiger partial charge is 0.257 e. The lowest BCUT2D eigenvalue weighted by atomic mass is 10.1. The fourth-order valence-corrected chi connectivity index (χ4v) is 1.12. The van der Waals surface area contributed by atoms with Gasteiger partial charge in [-0.1, -0.05) is 6.07 Å². The second kappa shape index (κ2) is 5.01. The molecule has 1 rings (SSSR count). The van der Waals surface area contributed by atoms with E-state index in [-0.39, 0.29) is 29.5 Å². The molecule has 6 heteroatoms. The number of amides is 2. The summed E-state index contributed by atoms with van der Waals surface area (Å²) in [5.41, 5.74) is 11.2. The van der Waals surface area contributed by atoms with E-state index >= 15 is 0 Å². The largest absolute Gasteiger partial charge is 0.481 e. The fourth-order valence-electron chi connectivity index (χ4n) is 1.12. The lowest BCUT2D eigenvalue weighted by Gasteiger charge is -2.11. The average molecular weight is 223 g/mol. The molecular formula is C10H13N3O3. The van der Waals surface area contributed by atoms with Gasteiger partial charge < -0.3 is 21.5 Å². The van der Waals surface area contributed by atoms with Crippen LogP contribution in [0.4, 0.5) is 5.69 Å². The molecule has 0 aliphatic carbocycles. The minimum atomic E-state index is -0.654. The Morgan fingerprint density at radius 2 is 2.12 bits per heavy atom. The normalized spacial score (nSPS) is 9.56. The minimum Gasteiger partial charge on any atom is -0.481 e. The molecule has 0 saturated carbocycles. The highest BCUT2D eigenvalue weighted by Crippen LogP contribution is 2.25. The summed E-state index contributed by atoms with van der Waals surface area (Å²) in [6.45, 7) is -0.217. The highest BCUT2D eigenvalue weighted by molar-refractivity contribution is 5.97. The lowest BCUT2D eigenvalue weighted by Crippen LogP contribution is -2.26. The minimum absolute atomic E-state index is 0.138. The monoisotopic (exact) mass is 223 g/mol. The van der Waals surface area contributed by atoms with E-state index in [0.717, 1.165) is 0 Å². The molecule has 0 spiro atoms. The number of rotatable bonds is 4. The van der Waals surface area contributed by atoms with Gasteiger partial charge >= 0.3 is 0 Å². The topological polar surface area (TPSA) is 107 Å². The van der Waals surface area contributed by atoms with Gasteiger partial charge in [-0.05, 0) is 12.1 Å². The molecule has 6 nitrogen and oxygen atoms in total. The van der Waals surface area contributed by atoms with Crippen LogP contribution in [0.3, 0.4) is 0 Å². The first-order valence-corrected chi connectivity index (χ1v) is 4.58. The van der Waals surface area contributed by atoms with Crippen molar-refractivity contribution in [1.82, 2.24) is 5.32 Å². The number of nitrogens with one attached hydrogen (secondary N) is 1. The number of hydrogen-bond acceptors (Lipinski definition) is 4. The summed E-state index contributed by atoms with van der Waals surface area (Å²) in [4.78, 5) is 22.1. The number of para-hydroxylation sites is 1. The third-order valence-electron chi connectivity index (χ3n) is 1.94. The van der Waals surface area contributed by atoms with Gasteiger partial charge in [0.25, 0.3) is 11.8 Å². The van der Waals surface area contributed by atoms with E-state index in [0.29, 0.717) is 0 Å². The zero-order valence-electron chi connectivity index (χ0n) is 8.82. The molecule has 1 aromatic rings. The van der Waals surface area contributed by atoms with E-state index in [1.807, 2.05) is 0 Å². The summed E-state index contributed by atoms with van der Waals surface area (Å²) < 4.78 is 5.14. The van der Waals surface area contributed by atoms with Crippen LogP contribution in [-0.2, 0) is 4.79 Å². The SMILES string of the molecule is CNC(=O)COc1c(N)cccc1C(N)=O. The molecule has 0 aliphatic heterocycles. The predicted molar refractivity (Wildman–Crippen MR) is 58.9 cm³/mol. The third-order valence-corrected chi connectivity index (χ3v) is 1.94. The van der Waals surface area contributed by atoms with Gasteiger partial charge in [0.1, 0.15) is 0 Å². The van der Waals surface area contributed by atoms with Crippen LogP contribution in [0.15, 0.2) is 18.2 Å². The molecule has 16 heavy (non-hydrogen) atoms. The van der Waals surface area contributed by atoms with Crippen molar-refractivity contribution in [1.29, 1.82) is 0 Å². The van der Waals surface area contributed by atoms with Crippen molar-refractivity contribution in [3.05, 3.63) is 23.8 Å². The first kappa shape index (κ1) is 11.8. The number of carbonyl (C=O) groups is 2. The summed E-state index contributed by atoms with van der Waals surface area (Å²) in [5.74, 6) is -0.837. The number of carbonyl (C=O) groups excluding carboxylic acids is 2. The van der Waals surface area contributed by atoms with Crippen molar-refractivity contribution < 1.29 is 14.3 Å². The van der Waals surface area contributed by atoms with E-state index in [4.69, 9.17) is 16.2 Å². The van der Waals surface area contributed by atoms with Crippen LogP contribution in [0.25, 0.3) is 0 Å². The van der Waals surface area contributed by atoms with Crippen molar-refractivity contribution in [3.8, 4) is 5.75 Å². The van der Waals surface area contributed by atoms with Gasteiger partial charge in [-0.2, -0.15) is 0 Å². The molecule has 1 aromatic carbocycles. The lowest BCUT2D eigenvalue weighted by molar-refractivity contribution is -0.122. The maximum atomic E-state index is 11.1. The van der Waals surface area contributed by atoms with Crippen LogP contribution >= 0.6 is 0 Å². The molecular weight excluding hydrogens is 210 g/mol. The second-order valence-corrected chi connectivity index (χ2v) is 3.05. The van der Waals surface area contributed by atoms with Crippen molar-refractivity contribution in [3.63, 3.8) is 0 Å². The number of anilines is 1. The molecule has 0 heterocycles. The average Bonchev–Trinajstić information content (AvgIpc) is 2.26. The van der Waals surface area contributed by atoms with Crippen LogP contribution in [0.1, 0.15) is 10.4 Å². The molecule has 0 fully saturated rings. The molecule has 0 bridgehead atoms. The van der Waals surface area contributed by atoms with E-state index < -0.39 is 5.91 Å². The molecule has 0 aliphatic rings. The molecule has 0 aromatic heterocycles. The third kappa shape index (κ3) is 2.63. The Kier molecular flexibility index (Phi) is 3.71. The van der Waals surface area contributed by atoms with E-state index in [1.165, 1.54) is 13.1 Å². The van der Waals surface area contributed by atoms with Gasteiger partial charge in [0, 0.05) is 7.05 Å². The van der Waals surface area contributed by atoms with Gasteiger partial charge in [-0.15, -0.1) is 0 Å². The van der Waals surface area contributed by atoms with Gasteiger partial charge in [-0.25, -0.2) is 0 Å². The van der Waals surface area contributed by atoms with Crippen molar-refractivity contribution in [2.45, 2.75) is 0 Å². The second-order valence-electron chi connectivity index (χ2n) is 3.05. The van der Waals surface area contributed by atoms with Crippen LogP contribution in [0.2, 0.25) is 0 Å². The Morgan fingerprint density at radius 1 is 1.44 bits per heavy atom. The first-order chi connectivity index (χ1) is 7.56. The Bertz CT molecular complexity index is 418. The summed E-state index contributed by atoms with van der Waals surface area (Å²) >= 11 is 0. The standard InChI is InChI=1S/C10H13N3O3/c1-13-8(14)5-16-9-6(10(12)15)3-2-4-7(9)11/h2-4H,5,11H2,1H3,(H2,12,15)(H,13,14). The number of ether oxygens (including phenoxy) is 1. The zero-order valence-corrected chi connectivity index (χ0v) is 8.82. The summed E-state index contributed by atoms with van der Waals surface area (Å²) in [6, 6.07) is 4.63. The molecule has 0 radical (unpaired) electrons. The van der Waals surface area contributed by atoms with Crippen molar-refractivity contribution in [2.75, 3.05) is 19.4 Å². The van der Waals surface area contributed by atoms with E-state index in [1.54, 1.807) is 12.1 Å². The summed E-state index contributed by atoms with van der Waals surface area (Å²) in [5, 5.41) is 2.38. The van der Waals surface area contributed by atoms with Crippen LogP contribution in [0, 0.1) is 0 Å². The zero-order chi connectivity index (χ0) is 12.1. The Hall–Kier alpha value is -2.24. The van der Waals surface area contributed by atoms with E-state index in [2.05, 4.69) is 5.32 Å². The Labute approximate surface area is 92.6 Å². The highest BCUT2D eigenvalue weighted by atomic mass is 16.5. The summed E-state index contributed by atoms with van der Waals surface area (Å²) in [6.07, 6.45) is 0.